The second kappa shape index (κ2) is 7.58. The lowest BCUT2D eigenvalue weighted by atomic mass is 10.0. The summed E-state index contributed by atoms with van der Waals surface area (Å²) >= 11 is 8.59. The van der Waals surface area contributed by atoms with E-state index in [0.29, 0.717) is 29.5 Å². The minimum Gasteiger partial charge on any atom is -0.444 e. The SMILES string of the molecule is CC(C)(C)OC(=O)N1CCc2c(I)nn(C(=O)c3c(Cl)cccc3C3CC3)c2C1. The van der Waals surface area contributed by atoms with Crippen molar-refractivity contribution in [2.24, 2.45) is 0 Å². The molecule has 0 atom stereocenters. The molecule has 2 aromatic rings. The maximum absolute atomic E-state index is 13.5. The monoisotopic (exact) mass is 527 g/mol. The normalized spacial score (nSPS) is 16.5. The molecule has 0 unspecified atom stereocenters. The fourth-order valence-electron chi connectivity index (χ4n) is 3.63. The van der Waals surface area contributed by atoms with E-state index in [2.05, 4.69) is 27.7 Å². The number of carbonyl (C=O) groups is 2. The molecule has 1 amide bonds. The topological polar surface area (TPSA) is 64.4 Å². The number of halogens is 2. The number of nitrogens with zero attached hydrogens (tertiary/aromatic N) is 3. The van der Waals surface area contributed by atoms with Crippen LogP contribution in [0.3, 0.4) is 0 Å². The number of ether oxygens (including phenoxy) is 1. The maximum atomic E-state index is 13.5. The van der Waals surface area contributed by atoms with Crippen molar-refractivity contribution in [3.05, 3.63) is 49.3 Å². The van der Waals surface area contributed by atoms with Crippen LogP contribution in [0.5, 0.6) is 0 Å². The quantitative estimate of drug-likeness (QED) is 0.516. The van der Waals surface area contributed by atoms with Gasteiger partial charge in [-0.15, -0.1) is 0 Å². The number of amides is 1. The van der Waals surface area contributed by atoms with Gasteiger partial charge in [0.1, 0.15) is 9.30 Å². The number of benzene rings is 1. The van der Waals surface area contributed by atoms with E-state index >= 15 is 0 Å². The summed E-state index contributed by atoms with van der Waals surface area (Å²) < 4.78 is 7.73. The molecule has 1 aromatic heterocycles. The first-order valence-electron chi connectivity index (χ1n) is 9.73. The van der Waals surface area contributed by atoms with E-state index < -0.39 is 5.60 Å². The van der Waals surface area contributed by atoms with Crippen LogP contribution < -0.4 is 0 Å². The van der Waals surface area contributed by atoms with Crippen LogP contribution in [0.15, 0.2) is 18.2 Å². The van der Waals surface area contributed by atoms with Gasteiger partial charge in [-0.25, -0.2) is 4.79 Å². The van der Waals surface area contributed by atoms with Crippen LogP contribution in [-0.2, 0) is 17.7 Å². The van der Waals surface area contributed by atoms with Gasteiger partial charge in [-0.3, -0.25) is 4.79 Å². The molecular formula is C21H23ClIN3O3. The first kappa shape index (κ1) is 20.7. The lowest BCUT2D eigenvalue weighted by Gasteiger charge is -2.30. The maximum Gasteiger partial charge on any atom is 0.410 e. The molecule has 0 bridgehead atoms. The summed E-state index contributed by atoms with van der Waals surface area (Å²) in [7, 11) is 0. The number of fused-ring (bicyclic) bond motifs is 1. The highest BCUT2D eigenvalue weighted by Crippen LogP contribution is 2.43. The van der Waals surface area contributed by atoms with Crippen molar-refractivity contribution < 1.29 is 14.3 Å². The van der Waals surface area contributed by atoms with E-state index in [9.17, 15) is 9.59 Å². The summed E-state index contributed by atoms with van der Waals surface area (Å²) in [6.07, 6.45) is 2.40. The van der Waals surface area contributed by atoms with E-state index in [4.69, 9.17) is 16.3 Å². The predicted molar refractivity (Wildman–Crippen MR) is 118 cm³/mol. The lowest BCUT2D eigenvalue weighted by molar-refractivity contribution is 0.0218. The molecule has 2 aliphatic rings. The summed E-state index contributed by atoms with van der Waals surface area (Å²) in [6, 6.07) is 5.61. The highest BCUT2D eigenvalue weighted by Gasteiger charge is 2.34. The Balaban J connectivity index is 1.68. The molecular weight excluding hydrogens is 505 g/mol. The Kier molecular flexibility index (Phi) is 5.40. The zero-order valence-corrected chi connectivity index (χ0v) is 19.6. The molecule has 154 valence electrons. The number of rotatable bonds is 2. The Morgan fingerprint density at radius 3 is 2.66 bits per heavy atom. The Morgan fingerprint density at radius 2 is 2.00 bits per heavy atom. The fourth-order valence-corrected chi connectivity index (χ4v) is 4.69. The third kappa shape index (κ3) is 4.17. The summed E-state index contributed by atoms with van der Waals surface area (Å²) in [6.45, 7) is 6.35. The molecule has 1 aliphatic heterocycles. The lowest BCUT2D eigenvalue weighted by Crippen LogP contribution is -2.40. The molecule has 0 spiro atoms. The van der Waals surface area contributed by atoms with Crippen LogP contribution in [0.4, 0.5) is 4.79 Å². The smallest absolute Gasteiger partial charge is 0.410 e. The number of hydrogen-bond acceptors (Lipinski definition) is 4. The number of carbonyl (C=O) groups excluding carboxylic acids is 2. The standard InChI is InChI=1S/C21H23ClIN3O3/c1-21(2,3)29-20(28)25-10-9-14-16(11-25)26(24-18(14)23)19(27)17-13(12-7-8-12)5-4-6-15(17)22/h4-6,12H,7-11H2,1-3H3. The average Bonchev–Trinajstić information content (AvgIpc) is 3.43. The molecule has 1 aliphatic carbocycles. The number of hydrogen-bond donors (Lipinski definition) is 0. The Labute approximate surface area is 188 Å². The van der Waals surface area contributed by atoms with Gasteiger partial charge in [-0.05, 0) is 80.2 Å². The summed E-state index contributed by atoms with van der Waals surface area (Å²) in [5.41, 5.74) is 2.68. The van der Waals surface area contributed by atoms with E-state index in [1.165, 1.54) is 4.68 Å². The van der Waals surface area contributed by atoms with Gasteiger partial charge in [-0.2, -0.15) is 9.78 Å². The van der Waals surface area contributed by atoms with Gasteiger partial charge in [0, 0.05) is 12.1 Å². The van der Waals surface area contributed by atoms with Crippen LogP contribution in [0.25, 0.3) is 0 Å². The third-order valence-corrected chi connectivity index (χ3v) is 6.32. The van der Waals surface area contributed by atoms with Gasteiger partial charge < -0.3 is 9.64 Å². The van der Waals surface area contributed by atoms with Gasteiger partial charge >= 0.3 is 6.09 Å². The van der Waals surface area contributed by atoms with E-state index in [0.717, 1.165) is 33.4 Å². The zero-order valence-electron chi connectivity index (χ0n) is 16.7. The molecule has 1 saturated carbocycles. The van der Waals surface area contributed by atoms with Crippen molar-refractivity contribution in [2.75, 3.05) is 6.54 Å². The second-order valence-electron chi connectivity index (χ2n) is 8.56. The van der Waals surface area contributed by atoms with Crippen molar-refractivity contribution in [3.63, 3.8) is 0 Å². The Morgan fingerprint density at radius 1 is 1.28 bits per heavy atom. The summed E-state index contributed by atoms with van der Waals surface area (Å²) in [5.74, 6) is 0.152. The molecule has 0 radical (unpaired) electrons. The van der Waals surface area contributed by atoms with E-state index in [1.807, 2.05) is 32.9 Å². The van der Waals surface area contributed by atoms with Crippen molar-refractivity contribution in [2.45, 2.75) is 58.1 Å². The van der Waals surface area contributed by atoms with Gasteiger partial charge in [0.05, 0.1) is 22.8 Å². The predicted octanol–water partition coefficient (Wildman–Crippen LogP) is 5.00. The molecule has 1 fully saturated rings. The first-order chi connectivity index (χ1) is 13.7. The van der Waals surface area contributed by atoms with Crippen molar-refractivity contribution in [3.8, 4) is 0 Å². The first-order valence-corrected chi connectivity index (χ1v) is 11.2. The van der Waals surface area contributed by atoms with Crippen LogP contribution in [-0.4, -0.2) is 38.8 Å². The van der Waals surface area contributed by atoms with Crippen LogP contribution in [0.1, 0.15) is 66.7 Å². The molecule has 6 nitrogen and oxygen atoms in total. The summed E-state index contributed by atoms with van der Waals surface area (Å²) in [5, 5.41) is 4.96. The van der Waals surface area contributed by atoms with Gasteiger partial charge in [0.25, 0.3) is 5.91 Å². The molecule has 4 rings (SSSR count). The van der Waals surface area contributed by atoms with Gasteiger partial charge in [0.2, 0.25) is 0 Å². The van der Waals surface area contributed by atoms with E-state index in [1.54, 1.807) is 11.0 Å². The Bertz CT molecular complexity index is 992. The van der Waals surface area contributed by atoms with E-state index in [-0.39, 0.29) is 18.5 Å². The zero-order chi connectivity index (χ0) is 20.9. The van der Waals surface area contributed by atoms with Crippen LogP contribution >= 0.6 is 34.2 Å². The van der Waals surface area contributed by atoms with Crippen LogP contribution in [0.2, 0.25) is 5.02 Å². The average molecular weight is 528 g/mol. The fraction of sp³-hybridized carbons (Fsp3) is 0.476. The molecule has 2 heterocycles. The van der Waals surface area contributed by atoms with Crippen molar-refractivity contribution in [1.29, 1.82) is 0 Å². The second-order valence-corrected chi connectivity index (χ2v) is 9.99. The number of aromatic nitrogens is 2. The Hall–Kier alpha value is -1.61. The van der Waals surface area contributed by atoms with Crippen LogP contribution in [0, 0.1) is 3.70 Å². The highest BCUT2D eigenvalue weighted by molar-refractivity contribution is 14.1. The summed E-state index contributed by atoms with van der Waals surface area (Å²) in [4.78, 5) is 27.7. The molecule has 0 saturated heterocycles. The third-order valence-electron chi connectivity index (χ3n) is 5.13. The molecule has 8 heteroatoms. The van der Waals surface area contributed by atoms with Gasteiger partial charge in [0.15, 0.2) is 0 Å². The van der Waals surface area contributed by atoms with Crippen molar-refractivity contribution >= 4 is 46.2 Å². The molecule has 0 N–H and O–H groups in total. The highest BCUT2D eigenvalue weighted by atomic mass is 127. The largest absolute Gasteiger partial charge is 0.444 e. The van der Waals surface area contributed by atoms with Crippen molar-refractivity contribution in [1.82, 2.24) is 14.7 Å². The minimum absolute atomic E-state index is 0.234. The van der Waals surface area contributed by atoms with Gasteiger partial charge in [-0.1, -0.05) is 23.7 Å². The minimum atomic E-state index is -0.571. The molecule has 29 heavy (non-hydrogen) atoms. The molecule has 1 aromatic carbocycles.